The summed E-state index contributed by atoms with van der Waals surface area (Å²) >= 11 is 0. The fourth-order valence-electron chi connectivity index (χ4n) is 1.22. The van der Waals surface area contributed by atoms with Crippen molar-refractivity contribution >= 4 is 6.03 Å². The summed E-state index contributed by atoms with van der Waals surface area (Å²) in [6, 6.07) is 0.424. The fraction of sp³-hybridized carbons (Fsp3) is 0.857. The van der Waals surface area contributed by atoms with Crippen LogP contribution in [0.5, 0.6) is 0 Å². The maximum atomic E-state index is 11.0. The number of hydrogen-bond donors (Lipinski definition) is 1. The van der Waals surface area contributed by atoms with E-state index in [1.54, 1.807) is 0 Å². The molecule has 1 aliphatic rings. The van der Waals surface area contributed by atoms with Gasteiger partial charge >= 0.3 is 6.03 Å². The Morgan fingerprint density at radius 3 is 2.90 bits per heavy atom. The van der Waals surface area contributed by atoms with Gasteiger partial charge in [0.05, 0.1) is 0 Å². The van der Waals surface area contributed by atoms with Crippen molar-refractivity contribution in [2.24, 2.45) is 0 Å². The number of nitrogens with zero attached hydrogens (tertiary/aromatic N) is 1. The summed E-state index contributed by atoms with van der Waals surface area (Å²) in [5, 5.41) is 2.84. The van der Waals surface area contributed by atoms with E-state index in [4.69, 9.17) is 0 Å². The van der Waals surface area contributed by atoms with Crippen molar-refractivity contribution in [3.63, 3.8) is 0 Å². The molecule has 1 unspecified atom stereocenters. The van der Waals surface area contributed by atoms with Gasteiger partial charge in [0.25, 0.3) is 0 Å². The van der Waals surface area contributed by atoms with Gasteiger partial charge in [-0.3, -0.25) is 0 Å². The molecular weight excluding hydrogens is 128 g/mol. The quantitative estimate of drug-likeness (QED) is 0.608. The van der Waals surface area contributed by atoms with Crippen LogP contribution < -0.4 is 5.32 Å². The van der Waals surface area contributed by atoms with Crippen molar-refractivity contribution < 1.29 is 4.79 Å². The van der Waals surface area contributed by atoms with Gasteiger partial charge in [-0.25, -0.2) is 4.79 Å². The summed E-state index contributed by atoms with van der Waals surface area (Å²) in [5.41, 5.74) is 0. The van der Waals surface area contributed by atoms with Crippen molar-refractivity contribution in [2.45, 2.75) is 26.3 Å². The summed E-state index contributed by atoms with van der Waals surface area (Å²) in [5.74, 6) is 0. The van der Waals surface area contributed by atoms with Gasteiger partial charge in [0, 0.05) is 19.1 Å². The fourth-order valence-corrected chi connectivity index (χ4v) is 1.22. The van der Waals surface area contributed by atoms with Crippen LogP contribution >= 0.6 is 0 Å². The van der Waals surface area contributed by atoms with Gasteiger partial charge in [-0.2, -0.15) is 0 Å². The van der Waals surface area contributed by atoms with E-state index in [2.05, 4.69) is 12.2 Å². The molecule has 0 aromatic rings. The number of rotatable bonds is 2. The minimum atomic E-state index is 0.0920. The summed E-state index contributed by atoms with van der Waals surface area (Å²) in [7, 11) is 0. The lowest BCUT2D eigenvalue weighted by atomic mass is 10.3. The second-order valence-corrected chi connectivity index (χ2v) is 2.80. The summed E-state index contributed by atoms with van der Waals surface area (Å²) in [6.07, 6.45) is 1.04. The Hall–Kier alpha value is -0.730. The van der Waals surface area contributed by atoms with E-state index in [1.807, 2.05) is 11.8 Å². The number of amides is 2. The summed E-state index contributed by atoms with van der Waals surface area (Å²) < 4.78 is 0. The molecule has 1 aliphatic heterocycles. The van der Waals surface area contributed by atoms with Gasteiger partial charge in [-0.1, -0.05) is 6.92 Å². The molecule has 0 radical (unpaired) electrons. The maximum Gasteiger partial charge on any atom is 0.317 e. The highest BCUT2D eigenvalue weighted by molar-refractivity contribution is 5.76. The minimum Gasteiger partial charge on any atom is -0.334 e. The highest BCUT2D eigenvalue weighted by Gasteiger charge is 2.23. The predicted molar refractivity (Wildman–Crippen MR) is 39.9 cm³/mol. The first-order valence-corrected chi connectivity index (χ1v) is 3.79. The number of nitrogens with one attached hydrogen (secondary N) is 1. The minimum absolute atomic E-state index is 0.0920. The molecule has 1 saturated heterocycles. The average Bonchev–Trinajstić information content (AvgIpc) is 2.13. The molecule has 2 amide bonds. The van der Waals surface area contributed by atoms with Gasteiger partial charge in [-0.05, 0) is 13.3 Å². The Labute approximate surface area is 61.4 Å². The molecule has 1 N–H and O–H groups in total. The van der Waals surface area contributed by atoms with Gasteiger partial charge in [0.2, 0.25) is 0 Å². The van der Waals surface area contributed by atoms with Crippen LogP contribution in [-0.4, -0.2) is 30.1 Å². The van der Waals surface area contributed by atoms with Crippen LogP contribution in [0.3, 0.4) is 0 Å². The normalized spacial score (nSPS) is 25.2. The van der Waals surface area contributed by atoms with E-state index in [9.17, 15) is 4.79 Å². The van der Waals surface area contributed by atoms with E-state index >= 15 is 0 Å². The summed E-state index contributed by atoms with van der Waals surface area (Å²) in [6.45, 7) is 5.85. The van der Waals surface area contributed by atoms with Crippen LogP contribution in [0.15, 0.2) is 0 Å². The average molecular weight is 142 g/mol. The lowest BCUT2D eigenvalue weighted by Gasteiger charge is -2.11. The number of carbonyl (C=O) groups excluding carboxylic acids is 1. The first-order chi connectivity index (χ1) is 4.74. The highest BCUT2D eigenvalue weighted by Crippen LogP contribution is 2.02. The van der Waals surface area contributed by atoms with Crippen LogP contribution in [0, 0.1) is 0 Å². The van der Waals surface area contributed by atoms with Gasteiger partial charge < -0.3 is 10.2 Å². The van der Waals surface area contributed by atoms with E-state index < -0.39 is 0 Å². The molecule has 0 aliphatic carbocycles. The molecule has 0 bridgehead atoms. The topological polar surface area (TPSA) is 32.3 Å². The van der Waals surface area contributed by atoms with Crippen LogP contribution in [0.25, 0.3) is 0 Å². The van der Waals surface area contributed by atoms with Crippen molar-refractivity contribution in [1.82, 2.24) is 10.2 Å². The molecule has 58 valence electrons. The molecule has 10 heavy (non-hydrogen) atoms. The molecule has 0 spiro atoms. The molecular formula is C7H14N2O. The van der Waals surface area contributed by atoms with Crippen LogP contribution in [0.1, 0.15) is 20.3 Å². The molecule has 3 nitrogen and oxygen atoms in total. The highest BCUT2D eigenvalue weighted by atomic mass is 16.2. The molecule has 1 rings (SSSR count). The van der Waals surface area contributed by atoms with Crippen LogP contribution in [0.2, 0.25) is 0 Å². The SMILES string of the molecule is CCCN1CC(C)NC1=O. The van der Waals surface area contributed by atoms with E-state index in [-0.39, 0.29) is 6.03 Å². The molecule has 0 aromatic heterocycles. The Morgan fingerprint density at radius 1 is 1.80 bits per heavy atom. The summed E-state index contributed by atoms with van der Waals surface area (Å²) in [4.78, 5) is 12.8. The third kappa shape index (κ3) is 1.40. The van der Waals surface area contributed by atoms with Gasteiger partial charge in [-0.15, -0.1) is 0 Å². The van der Waals surface area contributed by atoms with Crippen molar-refractivity contribution in [3.05, 3.63) is 0 Å². The van der Waals surface area contributed by atoms with E-state index in [0.29, 0.717) is 6.04 Å². The monoisotopic (exact) mass is 142 g/mol. The van der Waals surface area contributed by atoms with Gasteiger partial charge in [0.1, 0.15) is 0 Å². The van der Waals surface area contributed by atoms with Crippen molar-refractivity contribution in [1.29, 1.82) is 0 Å². The molecule has 1 heterocycles. The third-order valence-electron chi connectivity index (χ3n) is 1.64. The second kappa shape index (κ2) is 2.90. The zero-order valence-corrected chi connectivity index (χ0v) is 6.55. The Kier molecular flexibility index (Phi) is 2.14. The Balaban J connectivity index is 2.39. The predicted octanol–water partition coefficient (Wildman–Crippen LogP) is 0.810. The smallest absolute Gasteiger partial charge is 0.317 e. The lowest BCUT2D eigenvalue weighted by molar-refractivity contribution is 0.217. The largest absolute Gasteiger partial charge is 0.334 e. The molecule has 0 saturated carbocycles. The van der Waals surface area contributed by atoms with Crippen molar-refractivity contribution in [3.8, 4) is 0 Å². The number of hydrogen-bond acceptors (Lipinski definition) is 1. The second-order valence-electron chi connectivity index (χ2n) is 2.80. The molecule has 1 atom stereocenters. The molecule has 1 fully saturated rings. The maximum absolute atomic E-state index is 11.0. The van der Waals surface area contributed by atoms with E-state index in [0.717, 1.165) is 19.5 Å². The van der Waals surface area contributed by atoms with Crippen molar-refractivity contribution in [2.75, 3.05) is 13.1 Å². The first-order valence-electron chi connectivity index (χ1n) is 3.79. The lowest BCUT2D eigenvalue weighted by Crippen LogP contribution is -2.28. The molecule has 0 aromatic carbocycles. The standard InChI is InChI=1S/C7H14N2O/c1-3-4-9-5-6(2)8-7(9)10/h6H,3-5H2,1-2H3,(H,8,10). The number of carbonyl (C=O) groups is 1. The zero-order valence-electron chi connectivity index (χ0n) is 6.55. The Morgan fingerprint density at radius 2 is 2.50 bits per heavy atom. The molecule has 3 heteroatoms. The van der Waals surface area contributed by atoms with Crippen LogP contribution in [0.4, 0.5) is 4.79 Å². The first kappa shape index (κ1) is 7.38. The van der Waals surface area contributed by atoms with Crippen LogP contribution in [-0.2, 0) is 0 Å². The Bertz CT molecular complexity index is 136. The van der Waals surface area contributed by atoms with E-state index in [1.165, 1.54) is 0 Å². The number of urea groups is 1. The van der Waals surface area contributed by atoms with Gasteiger partial charge in [0.15, 0.2) is 0 Å². The zero-order chi connectivity index (χ0) is 7.56. The third-order valence-corrected chi connectivity index (χ3v) is 1.64.